The monoisotopic (exact) mass is 483 g/mol. The van der Waals surface area contributed by atoms with Crippen LogP contribution in [0.1, 0.15) is 22.3 Å². The lowest BCUT2D eigenvalue weighted by Gasteiger charge is -2.22. The Hall–Kier alpha value is -2.06. The van der Waals surface area contributed by atoms with Crippen molar-refractivity contribution in [2.24, 2.45) is 0 Å². The first-order chi connectivity index (χ1) is 14.3. The van der Waals surface area contributed by atoms with E-state index < -0.39 is 0 Å². The molecule has 0 aliphatic heterocycles. The molecular formula is C22H27Cl2N3O3S. The van der Waals surface area contributed by atoms with E-state index in [0.717, 1.165) is 28.7 Å². The summed E-state index contributed by atoms with van der Waals surface area (Å²) in [7, 11) is 7.19. The van der Waals surface area contributed by atoms with Crippen molar-refractivity contribution >= 4 is 56.6 Å². The first kappa shape index (κ1) is 25.2. The first-order valence-corrected chi connectivity index (χ1v) is 10.8. The van der Waals surface area contributed by atoms with Gasteiger partial charge in [0.15, 0.2) is 5.13 Å². The molecule has 0 saturated heterocycles. The normalized spacial score (nSPS) is 10.8. The number of rotatable bonds is 8. The molecule has 0 unspecified atom stereocenters. The van der Waals surface area contributed by atoms with Crippen molar-refractivity contribution < 1.29 is 14.3 Å². The van der Waals surface area contributed by atoms with Crippen molar-refractivity contribution in [1.29, 1.82) is 0 Å². The molecule has 168 valence electrons. The van der Waals surface area contributed by atoms with Crippen LogP contribution in [0.3, 0.4) is 0 Å². The third kappa shape index (κ3) is 5.60. The van der Waals surface area contributed by atoms with Gasteiger partial charge < -0.3 is 14.4 Å². The fourth-order valence-electron chi connectivity index (χ4n) is 3.20. The molecule has 2 aromatic carbocycles. The van der Waals surface area contributed by atoms with E-state index in [9.17, 15) is 4.79 Å². The SMILES string of the molecule is COc1ccc(Cl)cc1C(=O)N(CCCN(C)C)c1nc2c(OC)ccc(C)c2s1.Cl. The number of ether oxygens (including phenoxy) is 2. The Bertz CT molecular complexity index is 1060. The van der Waals surface area contributed by atoms with Gasteiger partial charge in [0, 0.05) is 11.6 Å². The molecule has 1 aromatic heterocycles. The molecule has 3 aromatic rings. The highest BCUT2D eigenvalue weighted by Gasteiger charge is 2.25. The minimum Gasteiger partial charge on any atom is -0.496 e. The molecule has 0 radical (unpaired) electrons. The lowest BCUT2D eigenvalue weighted by atomic mass is 10.1. The maximum atomic E-state index is 13.6. The van der Waals surface area contributed by atoms with Crippen molar-refractivity contribution in [2.75, 3.05) is 46.3 Å². The summed E-state index contributed by atoms with van der Waals surface area (Å²) < 4.78 is 11.9. The third-order valence-electron chi connectivity index (χ3n) is 4.77. The number of hydrogen-bond acceptors (Lipinski definition) is 6. The van der Waals surface area contributed by atoms with E-state index in [0.29, 0.717) is 33.8 Å². The van der Waals surface area contributed by atoms with Gasteiger partial charge in [0.1, 0.15) is 17.0 Å². The number of nitrogens with zero attached hydrogens (tertiary/aromatic N) is 3. The fourth-order valence-corrected chi connectivity index (χ4v) is 4.45. The highest BCUT2D eigenvalue weighted by Crippen LogP contribution is 2.37. The molecule has 3 rings (SSSR count). The zero-order valence-electron chi connectivity index (χ0n) is 18.3. The number of carbonyl (C=O) groups excluding carboxylic acids is 1. The molecule has 0 aliphatic carbocycles. The summed E-state index contributed by atoms with van der Waals surface area (Å²) in [6, 6.07) is 8.96. The van der Waals surface area contributed by atoms with Crippen molar-refractivity contribution in [2.45, 2.75) is 13.3 Å². The van der Waals surface area contributed by atoms with Gasteiger partial charge in [-0.25, -0.2) is 4.98 Å². The highest BCUT2D eigenvalue weighted by molar-refractivity contribution is 7.22. The van der Waals surface area contributed by atoms with Gasteiger partial charge in [-0.2, -0.15) is 0 Å². The van der Waals surface area contributed by atoms with E-state index in [4.69, 9.17) is 26.1 Å². The standard InChI is InChI=1S/C22H26ClN3O3S.ClH/c1-14-7-9-18(29-5)19-20(14)30-22(24-19)26(12-6-11-25(2)3)21(27)16-13-15(23)8-10-17(16)28-4;/h7-10,13H,6,11-12H2,1-5H3;1H. The van der Waals surface area contributed by atoms with Crippen LogP contribution in [-0.2, 0) is 0 Å². The van der Waals surface area contributed by atoms with Crippen LogP contribution in [0.2, 0.25) is 5.02 Å². The summed E-state index contributed by atoms with van der Waals surface area (Å²) in [5.74, 6) is 0.986. The van der Waals surface area contributed by atoms with Crippen molar-refractivity contribution in [3.05, 3.63) is 46.5 Å². The smallest absolute Gasteiger partial charge is 0.263 e. The van der Waals surface area contributed by atoms with E-state index in [1.165, 1.54) is 11.3 Å². The number of amides is 1. The predicted molar refractivity (Wildman–Crippen MR) is 131 cm³/mol. The van der Waals surface area contributed by atoms with Gasteiger partial charge in [-0.05, 0) is 63.8 Å². The van der Waals surface area contributed by atoms with Gasteiger partial charge in [-0.3, -0.25) is 9.69 Å². The molecule has 0 fully saturated rings. The summed E-state index contributed by atoms with van der Waals surface area (Å²) in [6.45, 7) is 3.40. The van der Waals surface area contributed by atoms with E-state index in [1.54, 1.807) is 37.3 Å². The predicted octanol–water partition coefficient (Wildman–Crippen LogP) is 5.30. The molecule has 0 spiro atoms. The summed E-state index contributed by atoms with van der Waals surface area (Å²) in [4.78, 5) is 22.2. The zero-order chi connectivity index (χ0) is 21.8. The maximum Gasteiger partial charge on any atom is 0.263 e. The van der Waals surface area contributed by atoms with Crippen LogP contribution in [0.4, 0.5) is 5.13 Å². The second kappa shape index (κ2) is 11.0. The van der Waals surface area contributed by atoms with Gasteiger partial charge in [0.2, 0.25) is 0 Å². The van der Waals surface area contributed by atoms with Crippen molar-refractivity contribution in [1.82, 2.24) is 9.88 Å². The third-order valence-corrected chi connectivity index (χ3v) is 6.22. The minimum absolute atomic E-state index is 0. The van der Waals surface area contributed by atoms with Gasteiger partial charge >= 0.3 is 0 Å². The Morgan fingerprint density at radius 2 is 1.77 bits per heavy atom. The molecule has 0 aliphatic rings. The summed E-state index contributed by atoms with van der Waals surface area (Å²) in [5, 5.41) is 1.11. The number of carbonyl (C=O) groups is 1. The molecule has 0 bridgehead atoms. The first-order valence-electron chi connectivity index (χ1n) is 9.60. The molecule has 0 saturated carbocycles. The number of aryl methyl sites for hydroxylation is 1. The molecule has 1 amide bonds. The van der Waals surface area contributed by atoms with Gasteiger partial charge in [0.25, 0.3) is 5.91 Å². The number of benzene rings is 2. The number of fused-ring (bicyclic) bond motifs is 1. The topological polar surface area (TPSA) is 54.9 Å². The van der Waals surface area contributed by atoms with E-state index in [2.05, 4.69) is 4.90 Å². The molecule has 0 atom stereocenters. The number of halogens is 2. The van der Waals surface area contributed by atoms with E-state index in [1.807, 2.05) is 33.2 Å². The van der Waals surface area contributed by atoms with Crippen LogP contribution in [0, 0.1) is 6.92 Å². The average molecular weight is 484 g/mol. The van der Waals surface area contributed by atoms with E-state index >= 15 is 0 Å². The number of aromatic nitrogens is 1. The van der Waals surface area contributed by atoms with Gasteiger partial charge in [0.05, 0.1) is 24.5 Å². The Morgan fingerprint density at radius 1 is 1.10 bits per heavy atom. The van der Waals surface area contributed by atoms with Gasteiger partial charge in [-0.1, -0.05) is 29.0 Å². The van der Waals surface area contributed by atoms with Crippen LogP contribution >= 0.6 is 35.3 Å². The van der Waals surface area contributed by atoms with Gasteiger partial charge in [-0.15, -0.1) is 12.4 Å². The molecule has 1 heterocycles. The molecule has 6 nitrogen and oxygen atoms in total. The summed E-state index contributed by atoms with van der Waals surface area (Å²) in [5.41, 5.74) is 2.27. The minimum atomic E-state index is -0.191. The van der Waals surface area contributed by atoms with Crippen molar-refractivity contribution in [3.8, 4) is 11.5 Å². The molecule has 0 N–H and O–H groups in total. The lowest BCUT2D eigenvalue weighted by Crippen LogP contribution is -2.33. The van der Waals surface area contributed by atoms with Crippen LogP contribution in [-0.4, -0.2) is 57.2 Å². The largest absolute Gasteiger partial charge is 0.496 e. The second-order valence-electron chi connectivity index (χ2n) is 7.22. The Kier molecular flexibility index (Phi) is 8.94. The second-order valence-corrected chi connectivity index (χ2v) is 8.63. The molecule has 9 heteroatoms. The van der Waals surface area contributed by atoms with Crippen LogP contribution in [0.15, 0.2) is 30.3 Å². The average Bonchev–Trinajstić information content (AvgIpc) is 3.17. The Labute approximate surface area is 198 Å². The zero-order valence-corrected chi connectivity index (χ0v) is 20.7. The van der Waals surface area contributed by atoms with E-state index in [-0.39, 0.29) is 18.3 Å². The van der Waals surface area contributed by atoms with Crippen LogP contribution in [0.25, 0.3) is 10.2 Å². The number of thiazole rings is 1. The number of anilines is 1. The Balaban J connectivity index is 0.00000341. The Morgan fingerprint density at radius 3 is 2.42 bits per heavy atom. The highest BCUT2D eigenvalue weighted by atomic mass is 35.5. The summed E-state index contributed by atoms with van der Waals surface area (Å²) in [6.07, 6.45) is 0.799. The fraction of sp³-hybridized carbons (Fsp3) is 0.364. The van der Waals surface area contributed by atoms with Crippen molar-refractivity contribution in [3.63, 3.8) is 0 Å². The number of hydrogen-bond donors (Lipinski definition) is 0. The molecule has 31 heavy (non-hydrogen) atoms. The molecular weight excluding hydrogens is 457 g/mol. The van der Waals surface area contributed by atoms with Crippen LogP contribution in [0.5, 0.6) is 11.5 Å². The summed E-state index contributed by atoms with van der Waals surface area (Å²) >= 11 is 7.66. The quantitative estimate of drug-likeness (QED) is 0.435. The number of methoxy groups -OCH3 is 2. The van der Waals surface area contributed by atoms with Crippen LogP contribution < -0.4 is 14.4 Å². The lowest BCUT2D eigenvalue weighted by molar-refractivity contribution is 0.0983. The maximum absolute atomic E-state index is 13.6.